The molecule has 0 amide bonds. The second kappa shape index (κ2) is 53.4. The Morgan fingerprint density at radius 3 is 1.21 bits per heavy atom. The second-order valence-electron chi connectivity index (χ2n) is 19.6. The molecule has 1 unspecified atom stereocenters. The van der Waals surface area contributed by atoms with Crippen LogP contribution in [0.1, 0.15) is 258 Å². The third-order valence-electron chi connectivity index (χ3n) is 12.4. The number of hydrogen-bond donors (Lipinski definition) is 0. The Morgan fingerprint density at radius 2 is 0.771 bits per heavy atom. The number of nitrogens with zero attached hydrogens (tertiary/aromatic N) is 1. The van der Waals surface area contributed by atoms with Gasteiger partial charge in [-0.15, -0.1) is 0 Å². The summed E-state index contributed by atoms with van der Waals surface area (Å²) in [7, 11) is 3.81. The third kappa shape index (κ3) is 51.0. The van der Waals surface area contributed by atoms with Gasteiger partial charge < -0.3 is 28.6 Å². The molecule has 0 heterocycles. The lowest BCUT2D eigenvalue weighted by Gasteiger charge is -2.20. The maximum atomic E-state index is 13.3. The molecule has 10 nitrogen and oxygen atoms in total. The molecule has 1 atom stereocenters. The van der Waals surface area contributed by atoms with Crippen LogP contribution in [0.5, 0.6) is 0 Å². The molecule has 0 radical (unpaired) electrons. The van der Waals surface area contributed by atoms with E-state index < -0.39 is 24.3 Å². The molecule has 0 aromatic heterocycles. The van der Waals surface area contributed by atoms with Gasteiger partial charge in [0.15, 0.2) is 6.10 Å². The predicted octanol–water partition coefficient (Wildman–Crippen LogP) is 16.8. The van der Waals surface area contributed by atoms with E-state index in [1.165, 1.54) is 96.3 Å². The van der Waals surface area contributed by atoms with E-state index in [9.17, 15) is 19.2 Å². The monoisotopic (exact) mass is 986 g/mol. The molecule has 0 spiro atoms. The first kappa shape index (κ1) is 66.6. The Balaban J connectivity index is 5.03. The summed E-state index contributed by atoms with van der Waals surface area (Å²) >= 11 is 0. The number of carbonyl (C=O) groups excluding carboxylic acids is 4. The van der Waals surface area contributed by atoms with Gasteiger partial charge in [-0.1, -0.05) is 191 Å². The van der Waals surface area contributed by atoms with E-state index in [-0.39, 0.29) is 57.4 Å². The molecule has 0 aromatic rings. The van der Waals surface area contributed by atoms with Gasteiger partial charge in [0, 0.05) is 25.8 Å². The van der Waals surface area contributed by atoms with Crippen molar-refractivity contribution in [1.82, 2.24) is 4.90 Å². The highest BCUT2D eigenvalue weighted by molar-refractivity contribution is 5.71. The van der Waals surface area contributed by atoms with Gasteiger partial charge in [0.2, 0.25) is 0 Å². The molecule has 0 aliphatic carbocycles. The zero-order valence-electron chi connectivity index (χ0n) is 45.9. The number of hydrogen-bond acceptors (Lipinski definition) is 10. The minimum absolute atomic E-state index is 0.0102. The maximum Gasteiger partial charge on any atom is 0.508 e. The number of likely N-dealkylation sites (N-methyl/N-ethyl adjacent to an activating group) is 1. The summed E-state index contributed by atoms with van der Waals surface area (Å²) in [5.74, 6) is -1.25. The summed E-state index contributed by atoms with van der Waals surface area (Å²) in [4.78, 5) is 53.4. The van der Waals surface area contributed by atoms with Crippen LogP contribution < -0.4 is 0 Å². The zero-order chi connectivity index (χ0) is 51.2. The summed E-state index contributed by atoms with van der Waals surface area (Å²) in [6.45, 7) is 7.09. The van der Waals surface area contributed by atoms with Gasteiger partial charge in [0.25, 0.3) is 0 Å². The van der Waals surface area contributed by atoms with Crippen LogP contribution in [-0.2, 0) is 38.1 Å². The molecule has 0 saturated carbocycles. The van der Waals surface area contributed by atoms with E-state index in [0.29, 0.717) is 13.0 Å². The zero-order valence-corrected chi connectivity index (χ0v) is 45.9. The lowest BCUT2D eigenvalue weighted by molar-refractivity contribution is -0.167. The van der Waals surface area contributed by atoms with E-state index in [1.54, 1.807) is 0 Å². The fraction of sp³-hybridized carbons (Fsp3) is 0.800. The second-order valence-corrected chi connectivity index (χ2v) is 19.6. The first-order valence-corrected chi connectivity index (χ1v) is 28.8. The van der Waals surface area contributed by atoms with Crippen LogP contribution in [0.4, 0.5) is 4.79 Å². The average molecular weight is 987 g/mol. The van der Waals surface area contributed by atoms with Gasteiger partial charge in [-0.25, -0.2) is 4.79 Å². The number of rotatable bonds is 51. The normalized spacial score (nSPS) is 12.3. The average Bonchev–Trinajstić information content (AvgIpc) is 3.34. The van der Waals surface area contributed by atoms with E-state index in [2.05, 4.69) is 69.4 Å². The highest BCUT2D eigenvalue weighted by Crippen LogP contribution is 2.18. The van der Waals surface area contributed by atoms with Crippen LogP contribution in [0, 0.1) is 0 Å². The predicted molar refractivity (Wildman–Crippen MR) is 291 cm³/mol. The molecule has 70 heavy (non-hydrogen) atoms. The quantitative estimate of drug-likeness (QED) is 0.0252. The fourth-order valence-electron chi connectivity index (χ4n) is 7.92. The van der Waals surface area contributed by atoms with Crippen molar-refractivity contribution in [1.29, 1.82) is 0 Å². The first-order valence-electron chi connectivity index (χ1n) is 28.8. The molecular formula is C60H107NO9. The number of esters is 3. The smallest absolute Gasteiger partial charge is 0.462 e. The number of unbranched alkanes of at least 4 members (excludes halogenated alkanes) is 25. The van der Waals surface area contributed by atoms with Crippen LogP contribution in [0.2, 0.25) is 0 Å². The summed E-state index contributed by atoms with van der Waals surface area (Å²) in [6, 6.07) is 0. The highest BCUT2D eigenvalue weighted by atomic mass is 16.7. The molecule has 0 saturated heterocycles. The van der Waals surface area contributed by atoms with E-state index in [1.807, 2.05) is 19.0 Å². The van der Waals surface area contributed by atoms with E-state index in [4.69, 9.17) is 23.7 Å². The molecule has 0 aliphatic heterocycles. The largest absolute Gasteiger partial charge is 0.508 e. The highest BCUT2D eigenvalue weighted by Gasteiger charge is 2.22. The number of carbonyl (C=O) groups is 4. The summed E-state index contributed by atoms with van der Waals surface area (Å²) in [5, 5.41) is 0. The Labute approximate surface area is 429 Å². The molecule has 0 aliphatic rings. The van der Waals surface area contributed by atoms with Crippen molar-refractivity contribution in [3.63, 3.8) is 0 Å². The Bertz CT molecular complexity index is 1260. The van der Waals surface area contributed by atoms with Crippen molar-refractivity contribution in [2.75, 3.05) is 40.5 Å². The van der Waals surface area contributed by atoms with Crippen LogP contribution >= 0.6 is 0 Å². The molecule has 0 N–H and O–H groups in total. The van der Waals surface area contributed by atoms with Crippen LogP contribution in [0.3, 0.4) is 0 Å². The van der Waals surface area contributed by atoms with Crippen molar-refractivity contribution >= 4 is 24.1 Å². The summed E-state index contributed by atoms with van der Waals surface area (Å²) in [6.07, 6.45) is 53.4. The third-order valence-corrected chi connectivity index (χ3v) is 12.4. The minimum atomic E-state index is -0.938. The fourth-order valence-corrected chi connectivity index (χ4v) is 7.92. The molecule has 0 bridgehead atoms. The Hall–Kier alpha value is -3.40. The van der Waals surface area contributed by atoms with Gasteiger partial charge in [-0.2, -0.15) is 0 Å². The van der Waals surface area contributed by atoms with Crippen LogP contribution in [0.15, 0.2) is 48.6 Å². The van der Waals surface area contributed by atoms with Crippen molar-refractivity contribution < 1.29 is 42.9 Å². The summed E-state index contributed by atoms with van der Waals surface area (Å²) in [5.41, 5.74) is 0. The molecule has 0 fully saturated rings. The van der Waals surface area contributed by atoms with Crippen molar-refractivity contribution in [3.8, 4) is 0 Å². The molecule has 0 aromatic carbocycles. The van der Waals surface area contributed by atoms with E-state index in [0.717, 1.165) is 109 Å². The summed E-state index contributed by atoms with van der Waals surface area (Å²) < 4.78 is 27.9. The van der Waals surface area contributed by atoms with Crippen molar-refractivity contribution in [2.24, 2.45) is 0 Å². The topological polar surface area (TPSA) is 118 Å². The van der Waals surface area contributed by atoms with Crippen LogP contribution in [-0.4, -0.2) is 81.6 Å². The molecular weight excluding hydrogens is 879 g/mol. The standard InChI is InChI=1S/C60H107NO9/c1-6-9-12-15-18-21-24-26-28-30-32-35-38-41-44-47-57(62)67-53-56(54-68-58(63)48-45-42-39-36-33-31-29-27-25-22-19-16-13-10-7-2)69-59(64)50-49-55(70-60(65)66-52-51-61(4)5)46-43-40-37-34-23-20-17-14-11-8-3/h18-19,21-22,26-29,55-56H,6-17,20,23-25,30-54H2,1-5H3/b21-18-,22-19-,28-26-,29-27-. The maximum absolute atomic E-state index is 13.3. The van der Waals surface area contributed by atoms with Gasteiger partial charge in [-0.3, -0.25) is 14.4 Å². The van der Waals surface area contributed by atoms with Crippen LogP contribution in [0.25, 0.3) is 0 Å². The lowest BCUT2D eigenvalue weighted by Crippen LogP contribution is -2.31. The van der Waals surface area contributed by atoms with Gasteiger partial charge >= 0.3 is 24.1 Å². The Kier molecular flexibility index (Phi) is 50.8. The van der Waals surface area contributed by atoms with E-state index >= 15 is 0 Å². The molecule has 406 valence electrons. The number of allylic oxidation sites excluding steroid dienone is 8. The van der Waals surface area contributed by atoms with Gasteiger partial charge in [0.1, 0.15) is 25.9 Å². The first-order chi connectivity index (χ1) is 34.2. The lowest BCUT2D eigenvalue weighted by atomic mass is 10.0. The molecule has 0 rings (SSSR count). The minimum Gasteiger partial charge on any atom is -0.462 e. The number of ether oxygens (including phenoxy) is 5. The Morgan fingerprint density at radius 1 is 0.386 bits per heavy atom. The SMILES string of the molecule is CCCCC/C=C\C/C=C\CCCCCCCC(=O)OCC(COC(=O)CCCCCCC/C=C\C/C=C\CCCCC)OC(=O)CCC(CCCCCCCCCCCC)OC(=O)OCCN(C)C. The van der Waals surface area contributed by atoms with Gasteiger partial charge in [-0.05, 0) is 110 Å². The van der Waals surface area contributed by atoms with Crippen molar-refractivity contribution in [2.45, 2.75) is 271 Å². The van der Waals surface area contributed by atoms with Crippen molar-refractivity contribution in [3.05, 3.63) is 48.6 Å². The van der Waals surface area contributed by atoms with Gasteiger partial charge in [0.05, 0.1) is 0 Å². The molecule has 10 heteroatoms.